The lowest BCUT2D eigenvalue weighted by molar-refractivity contribution is 0.0946. The molecule has 4 heteroatoms. The van der Waals surface area contributed by atoms with E-state index in [1.54, 1.807) is 12.3 Å². The van der Waals surface area contributed by atoms with Crippen LogP contribution < -0.4 is 10.2 Å². The third-order valence-electron chi connectivity index (χ3n) is 4.03. The lowest BCUT2D eigenvalue weighted by Crippen LogP contribution is -2.26. The van der Waals surface area contributed by atoms with E-state index in [2.05, 4.69) is 29.0 Å². The Morgan fingerprint density at radius 2 is 1.79 bits per heavy atom. The minimum absolute atomic E-state index is 0.137. The Morgan fingerprint density at radius 1 is 1.08 bits per heavy atom. The molecule has 0 aliphatic rings. The van der Waals surface area contributed by atoms with Crippen molar-refractivity contribution in [3.63, 3.8) is 0 Å². The van der Waals surface area contributed by atoms with Crippen LogP contribution in [0.15, 0.2) is 42.6 Å². The average Bonchev–Trinajstić information content (AvgIpc) is 2.61. The van der Waals surface area contributed by atoms with Gasteiger partial charge in [-0.1, -0.05) is 38.1 Å². The summed E-state index contributed by atoms with van der Waals surface area (Å²) in [5.41, 5.74) is 3.84. The van der Waals surface area contributed by atoms with Crippen molar-refractivity contribution >= 4 is 11.6 Å². The number of amides is 1. The molecular formula is C20H27N3O. The number of anilines is 1. The molecule has 2 rings (SSSR count). The smallest absolute Gasteiger partial charge is 0.270 e. The van der Waals surface area contributed by atoms with E-state index < -0.39 is 0 Å². The van der Waals surface area contributed by atoms with Gasteiger partial charge in [-0.05, 0) is 43.0 Å². The molecule has 1 N–H and O–H groups in total. The number of pyridine rings is 1. The summed E-state index contributed by atoms with van der Waals surface area (Å²) in [6.07, 6.45) is 3.99. The lowest BCUT2D eigenvalue weighted by Gasteiger charge is -2.23. The largest absolute Gasteiger partial charge is 0.370 e. The maximum atomic E-state index is 12.3. The number of hydrogen-bond donors (Lipinski definition) is 1. The van der Waals surface area contributed by atoms with Crippen LogP contribution in [0.1, 0.15) is 48.3 Å². The molecule has 0 atom stereocenters. The fraction of sp³-hybridized carbons (Fsp3) is 0.400. The lowest BCUT2D eigenvalue weighted by atomic mass is 10.1. The highest BCUT2D eigenvalue weighted by atomic mass is 16.1. The maximum Gasteiger partial charge on any atom is 0.270 e. The zero-order valence-corrected chi connectivity index (χ0v) is 14.9. The predicted octanol–water partition coefficient (Wildman–Crippen LogP) is 3.95. The summed E-state index contributed by atoms with van der Waals surface area (Å²) in [5, 5.41) is 2.94. The number of carbonyl (C=O) groups excluding carboxylic acids is 1. The van der Waals surface area contributed by atoms with Crippen molar-refractivity contribution in [2.24, 2.45) is 0 Å². The highest BCUT2D eigenvalue weighted by Gasteiger charge is 2.10. The van der Waals surface area contributed by atoms with Gasteiger partial charge in [-0.3, -0.25) is 4.79 Å². The van der Waals surface area contributed by atoms with Gasteiger partial charge >= 0.3 is 0 Å². The molecule has 1 heterocycles. The minimum atomic E-state index is -0.137. The van der Waals surface area contributed by atoms with E-state index in [9.17, 15) is 4.79 Å². The van der Waals surface area contributed by atoms with Crippen LogP contribution in [0, 0.1) is 6.92 Å². The molecular weight excluding hydrogens is 298 g/mol. The monoisotopic (exact) mass is 325 g/mol. The first-order valence-electron chi connectivity index (χ1n) is 8.69. The summed E-state index contributed by atoms with van der Waals surface area (Å²) < 4.78 is 0. The summed E-state index contributed by atoms with van der Waals surface area (Å²) in [6.45, 7) is 8.92. The highest BCUT2D eigenvalue weighted by Crippen LogP contribution is 2.14. The van der Waals surface area contributed by atoms with E-state index in [1.807, 2.05) is 37.3 Å². The average molecular weight is 325 g/mol. The Labute approximate surface area is 144 Å². The van der Waals surface area contributed by atoms with Crippen LogP contribution in [-0.2, 0) is 6.54 Å². The van der Waals surface area contributed by atoms with Crippen molar-refractivity contribution in [3.05, 3.63) is 59.4 Å². The molecule has 0 saturated carbocycles. The zero-order chi connectivity index (χ0) is 17.4. The molecule has 4 nitrogen and oxygen atoms in total. The van der Waals surface area contributed by atoms with Crippen molar-refractivity contribution in [1.29, 1.82) is 0 Å². The first-order chi connectivity index (χ1) is 11.7. The predicted molar refractivity (Wildman–Crippen MR) is 99.4 cm³/mol. The van der Waals surface area contributed by atoms with Crippen molar-refractivity contribution in [3.8, 4) is 0 Å². The van der Waals surface area contributed by atoms with E-state index in [1.165, 1.54) is 5.56 Å². The van der Waals surface area contributed by atoms with E-state index in [-0.39, 0.29) is 5.91 Å². The second-order valence-electron chi connectivity index (χ2n) is 6.00. The minimum Gasteiger partial charge on any atom is -0.370 e. The van der Waals surface area contributed by atoms with Crippen LogP contribution in [0.4, 0.5) is 5.69 Å². The molecule has 128 valence electrons. The fourth-order valence-electron chi connectivity index (χ4n) is 2.69. The molecule has 24 heavy (non-hydrogen) atoms. The van der Waals surface area contributed by atoms with Gasteiger partial charge in [0.2, 0.25) is 0 Å². The Hall–Kier alpha value is -2.36. The third-order valence-corrected chi connectivity index (χ3v) is 4.03. The zero-order valence-electron chi connectivity index (χ0n) is 14.9. The molecule has 0 radical (unpaired) electrons. The number of rotatable bonds is 8. The summed E-state index contributed by atoms with van der Waals surface area (Å²) in [7, 11) is 0. The second-order valence-corrected chi connectivity index (χ2v) is 6.00. The first kappa shape index (κ1) is 18.0. The topological polar surface area (TPSA) is 45.2 Å². The maximum absolute atomic E-state index is 12.3. The van der Waals surface area contributed by atoms with Crippen LogP contribution in [0.2, 0.25) is 0 Å². The van der Waals surface area contributed by atoms with Gasteiger partial charge in [0, 0.05) is 19.6 Å². The van der Waals surface area contributed by atoms with Gasteiger partial charge in [0.25, 0.3) is 5.91 Å². The van der Waals surface area contributed by atoms with E-state index in [0.717, 1.165) is 37.2 Å². The van der Waals surface area contributed by atoms with Gasteiger partial charge in [-0.2, -0.15) is 0 Å². The Morgan fingerprint density at radius 3 is 2.38 bits per heavy atom. The Kier molecular flexibility index (Phi) is 6.79. The SMILES string of the molecule is CCCN(CCC)c1ccc(C(=O)NCc2ccccc2C)nc1. The molecule has 0 saturated heterocycles. The molecule has 0 fully saturated rings. The summed E-state index contributed by atoms with van der Waals surface area (Å²) in [6, 6.07) is 11.9. The van der Waals surface area contributed by atoms with Gasteiger partial charge in [0.1, 0.15) is 5.69 Å². The summed E-state index contributed by atoms with van der Waals surface area (Å²) >= 11 is 0. The van der Waals surface area contributed by atoms with Crippen LogP contribution in [0.5, 0.6) is 0 Å². The molecule has 1 aromatic heterocycles. The van der Waals surface area contributed by atoms with Gasteiger partial charge < -0.3 is 10.2 Å². The number of nitrogens with one attached hydrogen (secondary N) is 1. The van der Waals surface area contributed by atoms with Gasteiger partial charge in [0.05, 0.1) is 11.9 Å². The Bertz CT molecular complexity index is 646. The molecule has 0 aliphatic heterocycles. The van der Waals surface area contributed by atoms with E-state index in [0.29, 0.717) is 12.2 Å². The molecule has 2 aromatic rings. The number of aryl methyl sites for hydroxylation is 1. The number of benzene rings is 1. The van der Waals surface area contributed by atoms with Crippen LogP contribution >= 0.6 is 0 Å². The van der Waals surface area contributed by atoms with Crippen LogP contribution in [0.25, 0.3) is 0 Å². The van der Waals surface area contributed by atoms with Gasteiger partial charge in [-0.25, -0.2) is 4.98 Å². The molecule has 1 aromatic carbocycles. The van der Waals surface area contributed by atoms with Crippen molar-refractivity contribution in [2.45, 2.75) is 40.2 Å². The number of nitrogens with zero attached hydrogens (tertiary/aromatic N) is 2. The van der Waals surface area contributed by atoms with Crippen molar-refractivity contribution < 1.29 is 4.79 Å². The summed E-state index contributed by atoms with van der Waals surface area (Å²) in [5.74, 6) is -0.137. The second kappa shape index (κ2) is 9.06. The number of hydrogen-bond acceptors (Lipinski definition) is 3. The van der Waals surface area contributed by atoms with Gasteiger partial charge in [0.15, 0.2) is 0 Å². The molecule has 1 amide bonds. The van der Waals surface area contributed by atoms with E-state index in [4.69, 9.17) is 0 Å². The van der Waals surface area contributed by atoms with Gasteiger partial charge in [-0.15, -0.1) is 0 Å². The third kappa shape index (κ3) is 4.82. The van der Waals surface area contributed by atoms with Crippen molar-refractivity contribution in [2.75, 3.05) is 18.0 Å². The normalized spacial score (nSPS) is 10.5. The van der Waals surface area contributed by atoms with Crippen molar-refractivity contribution in [1.82, 2.24) is 10.3 Å². The molecule has 0 spiro atoms. The molecule has 0 aliphatic carbocycles. The fourth-order valence-corrected chi connectivity index (χ4v) is 2.69. The standard InChI is InChI=1S/C20H27N3O/c1-4-12-23(13-5-2)18-10-11-19(21-15-18)20(24)22-14-17-9-7-6-8-16(17)3/h6-11,15H,4-5,12-14H2,1-3H3,(H,22,24). The molecule has 0 unspecified atom stereocenters. The van der Waals surface area contributed by atoms with Crippen LogP contribution in [-0.4, -0.2) is 24.0 Å². The Balaban J connectivity index is 1.99. The quantitative estimate of drug-likeness (QED) is 0.799. The van der Waals surface area contributed by atoms with E-state index >= 15 is 0 Å². The first-order valence-corrected chi connectivity index (χ1v) is 8.69. The summed E-state index contributed by atoms with van der Waals surface area (Å²) in [4.78, 5) is 18.9. The number of aromatic nitrogens is 1. The van der Waals surface area contributed by atoms with Crippen LogP contribution in [0.3, 0.4) is 0 Å². The highest BCUT2D eigenvalue weighted by molar-refractivity contribution is 5.92. The number of carbonyl (C=O) groups is 1. The molecule has 0 bridgehead atoms.